The summed E-state index contributed by atoms with van der Waals surface area (Å²) in [5, 5.41) is 39.1. The van der Waals surface area contributed by atoms with Crippen LogP contribution in [-0.4, -0.2) is 83.0 Å². The lowest BCUT2D eigenvalue weighted by Crippen LogP contribution is -2.70. The highest BCUT2D eigenvalue weighted by Gasteiger charge is 2.66. The molecule has 4 aliphatic rings. The summed E-state index contributed by atoms with van der Waals surface area (Å²) in [6.45, 7) is 6.42. The van der Waals surface area contributed by atoms with Crippen LogP contribution >= 0.6 is 0 Å². The third kappa shape index (κ3) is 10.9. The summed E-state index contributed by atoms with van der Waals surface area (Å²) in [6, 6.07) is 24.4. The number of benzene rings is 4. The maximum Gasteiger partial charge on any atom is 0.416 e. The summed E-state index contributed by atoms with van der Waals surface area (Å²) in [5.74, 6) is -1.05. The number of nitro groups is 1. The molecular weight excluding hydrogens is 889 g/mol. The van der Waals surface area contributed by atoms with Crippen molar-refractivity contribution in [3.8, 4) is 28.7 Å². The molecule has 4 aromatic rings. The molecule has 0 aromatic heterocycles. The second kappa shape index (κ2) is 22.4. The number of carbonyl (C=O) groups is 2. The molecule has 17 nitrogen and oxygen atoms in total. The second-order valence-electron chi connectivity index (χ2n) is 17.4. The minimum atomic E-state index is -1.66. The Morgan fingerprint density at radius 1 is 0.913 bits per heavy atom. The number of allylic oxidation sites excluding steroid dienone is 1. The fraction of sp³-hybridized carbons (Fsp3) is 0.404. The monoisotopic (exact) mass is 946 g/mol. The molecule has 2 heterocycles. The van der Waals surface area contributed by atoms with Crippen molar-refractivity contribution in [1.29, 1.82) is 0 Å². The molecule has 1 saturated carbocycles. The van der Waals surface area contributed by atoms with Gasteiger partial charge in [0.25, 0.3) is 5.69 Å². The molecule has 0 bridgehead atoms. The van der Waals surface area contributed by atoms with Crippen LogP contribution in [0.1, 0.15) is 74.5 Å². The number of nitrogens with zero attached hydrogens (tertiary/aromatic N) is 3. The van der Waals surface area contributed by atoms with Gasteiger partial charge < -0.3 is 48.8 Å². The molecule has 2 aliphatic heterocycles. The summed E-state index contributed by atoms with van der Waals surface area (Å²) in [4.78, 5) is 46.9. The van der Waals surface area contributed by atoms with Crippen molar-refractivity contribution in [2.24, 2.45) is 22.9 Å². The SMILES string of the molecule is C=CCOC12Oc3ccc(OC(=O)NCc4ccccc4)cc3C3C(CCCCO)C(CCCCO)C=C(C(=NOCC)CC1N(Cc1ccc4c(c1)OCO4)C(=O)Oc1ccc([N+](=O)[O-])cc1)C32. The predicted molar refractivity (Wildman–Crippen MR) is 253 cm³/mol. The molecule has 0 radical (unpaired) electrons. The zero-order valence-corrected chi connectivity index (χ0v) is 38.5. The van der Waals surface area contributed by atoms with Crippen LogP contribution in [0.4, 0.5) is 15.3 Å². The highest BCUT2D eigenvalue weighted by atomic mass is 16.7. The van der Waals surface area contributed by atoms with Crippen LogP contribution in [0, 0.1) is 27.9 Å². The van der Waals surface area contributed by atoms with E-state index in [0.29, 0.717) is 54.2 Å². The molecule has 4 aromatic carbocycles. The topological polar surface area (TPSA) is 210 Å². The summed E-state index contributed by atoms with van der Waals surface area (Å²) in [5.41, 5.74) is 3.53. The Morgan fingerprint density at radius 2 is 1.65 bits per heavy atom. The molecule has 1 fully saturated rings. The smallest absolute Gasteiger partial charge is 0.416 e. The number of nitro benzene ring substituents is 1. The first-order chi connectivity index (χ1) is 33.7. The maximum absolute atomic E-state index is 15.1. The Labute approximate surface area is 400 Å². The van der Waals surface area contributed by atoms with Crippen LogP contribution in [0.25, 0.3) is 0 Å². The Bertz CT molecular complexity index is 2520. The Hall–Kier alpha value is -6.95. The molecule has 6 atom stereocenters. The van der Waals surface area contributed by atoms with E-state index in [4.69, 9.17) is 38.4 Å². The van der Waals surface area contributed by atoms with E-state index in [1.54, 1.807) is 30.3 Å². The molecule has 8 rings (SSSR count). The molecule has 17 heteroatoms. The highest BCUT2D eigenvalue weighted by Crippen LogP contribution is 2.62. The maximum atomic E-state index is 15.1. The van der Waals surface area contributed by atoms with Gasteiger partial charge in [-0.05, 0) is 104 Å². The van der Waals surface area contributed by atoms with Gasteiger partial charge in [-0.15, -0.1) is 6.58 Å². The van der Waals surface area contributed by atoms with E-state index in [1.807, 2.05) is 49.4 Å². The molecule has 0 spiro atoms. The standard InChI is InChI=1S/C52H58N4O13/c1-3-26-65-52-47(55(32-35-16-22-45-46(27-35)64-33-63-45)51(60)68-38-19-17-37(18-20-38)56(61)62)30-43(54-66-4-2)41-28-36(14-8-10-24-57)40(15-9-11-25-58)48(49(41)52)42-29-39(21-23-44(42)69-52)67-50(59)53-31-34-12-6-5-7-13-34/h3,5-7,12-13,16-23,27-29,36,40,47-49,57-58H,1,4,8-11,14-15,24-26,30-33H2,2H3,(H,53,59). The van der Waals surface area contributed by atoms with Crippen molar-refractivity contribution < 1.29 is 58.0 Å². The number of hydrogen-bond donors (Lipinski definition) is 3. The molecule has 6 unspecified atom stereocenters. The van der Waals surface area contributed by atoms with Gasteiger partial charge in [-0.3, -0.25) is 15.0 Å². The van der Waals surface area contributed by atoms with Crippen molar-refractivity contribution >= 4 is 23.6 Å². The molecule has 69 heavy (non-hydrogen) atoms. The zero-order valence-electron chi connectivity index (χ0n) is 38.5. The molecule has 2 amide bonds. The van der Waals surface area contributed by atoms with Gasteiger partial charge >= 0.3 is 12.2 Å². The van der Waals surface area contributed by atoms with Gasteiger partial charge in [0.05, 0.1) is 23.2 Å². The predicted octanol–water partition coefficient (Wildman–Crippen LogP) is 8.97. The largest absolute Gasteiger partial charge is 0.459 e. The Balaban J connectivity index is 1.29. The van der Waals surface area contributed by atoms with Gasteiger partial charge in [0.2, 0.25) is 12.6 Å². The lowest BCUT2D eigenvalue weighted by atomic mass is 9.55. The van der Waals surface area contributed by atoms with E-state index in [1.165, 1.54) is 29.2 Å². The summed E-state index contributed by atoms with van der Waals surface area (Å²) >= 11 is 0. The first kappa shape index (κ1) is 48.5. The minimum Gasteiger partial charge on any atom is -0.459 e. The zero-order chi connectivity index (χ0) is 48.3. The average Bonchev–Trinajstić information content (AvgIpc) is 3.84. The van der Waals surface area contributed by atoms with E-state index in [2.05, 4.69) is 18.0 Å². The van der Waals surface area contributed by atoms with Crippen LogP contribution < -0.4 is 29.0 Å². The lowest BCUT2D eigenvalue weighted by molar-refractivity contribution is -0.384. The third-order valence-electron chi connectivity index (χ3n) is 13.1. The molecule has 2 aliphatic carbocycles. The van der Waals surface area contributed by atoms with Crippen LogP contribution in [0.3, 0.4) is 0 Å². The number of rotatable bonds is 21. The Kier molecular flexibility index (Phi) is 15.8. The number of ether oxygens (including phenoxy) is 6. The van der Waals surface area contributed by atoms with E-state index in [0.717, 1.165) is 29.5 Å². The number of non-ortho nitro benzene ring substituents is 1. The fourth-order valence-electron chi connectivity index (χ4n) is 10.1. The van der Waals surface area contributed by atoms with E-state index in [-0.39, 0.29) is 81.8 Å². The number of unbranched alkanes of at least 4 members (excludes halogenated alkanes) is 2. The van der Waals surface area contributed by atoms with Crippen molar-refractivity contribution in [2.75, 3.05) is 33.2 Å². The minimum absolute atomic E-state index is 0.00736. The van der Waals surface area contributed by atoms with E-state index < -0.39 is 40.8 Å². The first-order valence-electron chi connectivity index (χ1n) is 23.5. The summed E-state index contributed by atoms with van der Waals surface area (Å²) < 4.78 is 37.8. The second-order valence-corrected chi connectivity index (χ2v) is 17.4. The first-order valence-corrected chi connectivity index (χ1v) is 23.5. The highest BCUT2D eigenvalue weighted by molar-refractivity contribution is 6.03. The number of hydrogen-bond acceptors (Lipinski definition) is 14. The van der Waals surface area contributed by atoms with Crippen LogP contribution in [0.5, 0.6) is 28.7 Å². The molecule has 364 valence electrons. The lowest BCUT2D eigenvalue weighted by Gasteiger charge is -2.59. The van der Waals surface area contributed by atoms with Crippen LogP contribution in [0.2, 0.25) is 0 Å². The number of aliphatic hydroxyl groups excluding tert-OH is 2. The number of oxime groups is 1. The summed E-state index contributed by atoms with van der Waals surface area (Å²) in [6.07, 6.45) is 6.50. The van der Waals surface area contributed by atoms with Gasteiger partial charge in [-0.25, -0.2) is 9.59 Å². The van der Waals surface area contributed by atoms with Crippen LogP contribution in [-0.2, 0) is 22.7 Å². The Morgan fingerprint density at radius 3 is 2.39 bits per heavy atom. The van der Waals surface area contributed by atoms with E-state index in [9.17, 15) is 25.1 Å². The quantitative estimate of drug-likeness (QED) is 0.0309. The normalized spacial score (nSPS) is 22.3. The van der Waals surface area contributed by atoms with Crippen molar-refractivity contribution in [2.45, 2.75) is 82.7 Å². The van der Waals surface area contributed by atoms with Gasteiger partial charge in [0, 0.05) is 56.3 Å². The van der Waals surface area contributed by atoms with Gasteiger partial charge in [-0.1, -0.05) is 66.5 Å². The number of fused-ring (bicyclic) bond motifs is 3. The molecule has 3 N–H and O–H groups in total. The molecule has 0 saturated heterocycles. The third-order valence-corrected chi connectivity index (χ3v) is 13.1. The summed E-state index contributed by atoms with van der Waals surface area (Å²) in [7, 11) is 0. The van der Waals surface area contributed by atoms with Crippen molar-refractivity contribution in [3.05, 3.63) is 142 Å². The number of nitrogens with one attached hydrogen (secondary N) is 1. The number of carbonyl (C=O) groups excluding carboxylic acids is 2. The van der Waals surface area contributed by atoms with E-state index >= 15 is 4.79 Å². The van der Waals surface area contributed by atoms with Gasteiger partial charge in [-0.2, -0.15) is 0 Å². The average molecular weight is 947 g/mol. The van der Waals surface area contributed by atoms with Crippen LogP contribution in [0.15, 0.2) is 120 Å². The van der Waals surface area contributed by atoms with Crippen molar-refractivity contribution in [1.82, 2.24) is 10.2 Å². The fourth-order valence-corrected chi connectivity index (χ4v) is 10.1. The number of amides is 2. The number of aliphatic hydroxyl groups is 2. The van der Waals surface area contributed by atoms with Crippen molar-refractivity contribution in [3.63, 3.8) is 0 Å². The molecular formula is C52H58N4O13. The van der Waals surface area contributed by atoms with Gasteiger partial charge in [0.15, 0.2) is 11.5 Å². The van der Waals surface area contributed by atoms with Gasteiger partial charge in [0.1, 0.15) is 29.9 Å².